The lowest BCUT2D eigenvalue weighted by atomic mass is 10.0. The molecular formula is C23H23FN2O3. The molecule has 29 heavy (non-hydrogen) atoms. The van der Waals surface area contributed by atoms with Gasteiger partial charge in [0.05, 0.1) is 12.7 Å². The van der Waals surface area contributed by atoms with E-state index in [1.807, 2.05) is 18.2 Å². The van der Waals surface area contributed by atoms with Crippen molar-refractivity contribution in [3.8, 4) is 5.75 Å². The third-order valence-corrected chi connectivity index (χ3v) is 5.19. The highest BCUT2D eigenvalue weighted by molar-refractivity contribution is 6.06. The van der Waals surface area contributed by atoms with Gasteiger partial charge in [-0.1, -0.05) is 30.3 Å². The van der Waals surface area contributed by atoms with Gasteiger partial charge in [-0.15, -0.1) is 0 Å². The van der Waals surface area contributed by atoms with Gasteiger partial charge in [0.15, 0.2) is 11.6 Å². The fourth-order valence-corrected chi connectivity index (χ4v) is 3.79. The number of aryl methyl sites for hydroxylation is 1. The van der Waals surface area contributed by atoms with E-state index in [-0.39, 0.29) is 11.7 Å². The maximum atomic E-state index is 14.0. The van der Waals surface area contributed by atoms with Gasteiger partial charge in [0.1, 0.15) is 11.5 Å². The molecule has 0 unspecified atom stereocenters. The van der Waals surface area contributed by atoms with Gasteiger partial charge >= 0.3 is 0 Å². The van der Waals surface area contributed by atoms with Crippen molar-refractivity contribution in [1.29, 1.82) is 0 Å². The van der Waals surface area contributed by atoms with E-state index in [1.54, 1.807) is 13.0 Å². The minimum atomic E-state index is -0.523. The van der Waals surface area contributed by atoms with Gasteiger partial charge in [-0.05, 0) is 24.6 Å². The van der Waals surface area contributed by atoms with Crippen LogP contribution in [0.3, 0.4) is 0 Å². The maximum Gasteiger partial charge on any atom is 0.259 e. The highest BCUT2D eigenvalue weighted by Gasteiger charge is 2.28. The fraction of sp³-hybridized carbons (Fsp3) is 0.261. The number of hydrogen-bond acceptors (Lipinski definition) is 4. The molecule has 1 aromatic heterocycles. The number of amides is 1. The first-order valence-corrected chi connectivity index (χ1v) is 9.57. The zero-order chi connectivity index (χ0) is 20.4. The number of furan rings is 1. The Labute approximate surface area is 169 Å². The number of hydrogen-bond donors (Lipinski definition) is 1. The van der Waals surface area contributed by atoms with Crippen LogP contribution in [0.25, 0.3) is 0 Å². The smallest absolute Gasteiger partial charge is 0.259 e. The Morgan fingerprint density at radius 1 is 1.24 bits per heavy atom. The molecule has 1 amide bonds. The second-order valence-electron chi connectivity index (χ2n) is 7.18. The second-order valence-corrected chi connectivity index (χ2v) is 7.18. The van der Waals surface area contributed by atoms with Gasteiger partial charge < -0.3 is 14.5 Å². The lowest BCUT2D eigenvalue weighted by molar-refractivity contribution is 0.102. The minimum Gasteiger partial charge on any atom is -0.494 e. The summed E-state index contributed by atoms with van der Waals surface area (Å²) in [5, 5.41) is 2.78. The number of ether oxygens (including phenoxy) is 1. The molecule has 2 heterocycles. The van der Waals surface area contributed by atoms with Crippen LogP contribution in [-0.2, 0) is 19.5 Å². The van der Waals surface area contributed by atoms with E-state index in [1.165, 1.54) is 24.8 Å². The van der Waals surface area contributed by atoms with Crippen molar-refractivity contribution in [2.45, 2.75) is 26.4 Å². The van der Waals surface area contributed by atoms with Gasteiger partial charge in [-0.2, -0.15) is 0 Å². The molecule has 0 radical (unpaired) electrons. The molecule has 2 aromatic carbocycles. The third-order valence-electron chi connectivity index (χ3n) is 5.19. The number of anilines is 1. The zero-order valence-electron chi connectivity index (χ0n) is 16.5. The molecule has 0 saturated heterocycles. The van der Waals surface area contributed by atoms with E-state index in [9.17, 15) is 9.18 Å². The number of nitrogens with zero attached hydrogens (tertiary/aromatic N) is 1. The molecular weight excluding hydrogens is 371 g/mol. The Kier molecular flexibility index (Phi) is 5.36. The Balaban J connectivity index is 1.54. The predicted molar refractivity (Wildman–Crippen MR) is 109 cm³/mol. The highest BCUT2D eigenvalue weighted by Crippen LogP contribution is 2.30. The van der Waals surface area contributed by atoms with Crippen molar-refractivity contribution in [3.05, 3.63) is 82.6 Å². The average molecular weight is 394 g/mol. The maximum absolute atomic E-state index is 14.0. The van der Waals surface area contributed by atoms with Crippen LogP contribution >= 0.6 is 0 Å². The van der Waals surface area contributed by atoms with Gasteiger partial charge in [-0.3, -0.25) is 9.69 Å². The summed E-state index contributed by atoms with van der Waals surface area (Å²) < 4.78 is 24.7. The van der Waals surface area contributed by atoms with E-state index >= 15 is 0 Å². The molecule has 5 nitrogen and oxygen atoms in total. The molecule has 150 valence electrons. The Morgan fingerprint density at radius 3 is 2.76 bits per heavy atom. The lowest BCUT2D eigenvalue weighted by Gasteiger charge is -2.26. The zero-order valence-corrected chi connectivity index (χ0v) is 16.5. The van der Waals surface area contributed by atoms with Gasteiger partial charge in [0.25, 0.3) is 5.91 Å². The fourth-order valence-electron chi connectivity index (χ4n) is 3.79. The summed E-state index contributed by atoms with van der Waals surface area (Å²) in [4.78, 5) is 15.3. The quantitative estimate of drug-likeness (QED) is 0.690. The van der Waals surface area contributed by atoms with Gasteiger partial charge in [0.2, 0.25) is 0 Å². The van der Waals surface area contributed by atoms with Crippen LogP contribution in [0.4, 0.5) is 10.1 Å². The lowest BCUT2D eigenvalue weighted by Crippen LogP contribution is -2.30. The molecule has 0 atom stereocenters. The molecule has 0 fully saturated rings. The summed E-state index contributed by atoms with van der Waals surface area (Å²) in [7, 11) is 1.40. The first-order chi connectivity index (χ1) is 14.0. The van der Waals surface area contributed by atoms with Crippen molar-refractivity contribution in [3.63, 3.8) is 0 Å². The van der Waals surface area contributed by atoms with E-state index in [0.29, 0.717) is 23.6 Å². The van der Waals surface area contributed by atoms with Crippen molar-refractivity contribution in [2.24, 2.45) is 0 Å². The van der Waals surface area contributed by atoms with Crippen molar-refractivity contribution in [2.75, 3.05) is 19.0 Å². The van der Waals surface area contributed by atoms with E-state index < -0.39 is 5.82 Å². The van der Waals surface area contributed by atoms with Crippen LogP contribution in [0, 0.1) is 12.7 Å². The molecule has 1 N–H and O–H groups in total. The van der Waals surface area contributed by atoms with Crippen molar-refractivity contribution in [1.82, 2.24) is 4.90 Å². The molecule has 0 spiro atoms. The molecule has 0 saturated carbocycles. The molecule has 4 rings (SSSR count). The van der Waals surface area contributed by atoms with Crippen molar-refractivity contribution < 1.29 is 18.3 Å². The molecule has 6 heteroatoms. The summed E-state index contributed by atoms with van der Waals surface area (Å²) in [5.41, 5.74) is 3.06. The standard InChI is InChI=1S/C23H23FN2O3/c1-15-22(23(27)25-17-8-9-21(28-2)19(24)12-17)18-14-26(11-10-20(18)29-15)13-16-6-4-3-5-7-16/h3-9,12H,10-11,13-14H2,1-2H3,(H,25,27). The number of benzene rings is 2. The van der Waals surface area contributed by atoms with Crippen LogP contribution in [0.5, 0.6) is 5.75 Å². The first-order valence-electron chi connectivity index (χ1n) is 9.57. The van der Waals surface area contributed by atoms with Crippen LogP contribution < -0.4 is 10.1 Å². The summed E-state index contributed by atoms with van der Waals surface area (Å²) >= 11 is 0. The molecule has 1 aliphatic rings. The first kappa shape index (κ1) is 19.2. The van der Waals surface area contributed by atoms with Crippen LogP contribution in [0.1, 0.15) is 33.0 Å². The Bertz CT molecular complexity index is 1030. The van der Waals surface area contributed by atoms with Crippen LogP contribution in [0.15, 0.2) is 52.9 Å². The molecule has 0 aliphatic carbocycles. The van der Waals surface area contributed by atoms with Gasteiger partial charge in [0, 0.05) is 43.4 Å². The number of nitrogens with one attached hydrogen (secondary N) is 1. The minimum absolute atomic E-state index is 0.136. The second kappa shape index (κ2) is 8.09. The monoisotopic (exact) mass is 394 g/mol. The highest BCUT2D eigenvalue weighted by atomic mass is 19.1. The average Bonchev–Trinajstić information content (AvgIpc) is 3.04. The SMILES string of the molecule is COc1ccc(NC(=O)c2c(C)oc3c2CN(Cc2ccccc2)CC3)cc1F. The summed E-state index contributed by atoms with van der Waals surface area (Å²) in [5.74, 6) is 0.765. The summed E-state index contributed by atoms with van der Waals surface area (Å²) in [6.45, 7) is 4.12. The van der Waals surface area contributed by atoms with E-state index in [4.69, 9.17) is 9.15 Å². The van der Waals surface area contributed by atoms with Gasteiger partial charge in [-0.25, -0.2) is 4.39 Å². The Morgan fingerprint density at radius 2 is 2.03 bits per heavy atom. The van der Waals surface area contributed by atoms with Crippen LogP contribution in [0.2, 0.25) is 0 Å². The largest absolute Gasteiger partial charge is 0.494 e. The number of carbonyl (C=O) groups is 1. The topological polar surface area (TPSA) is 54.7 Å². The number of carbonyl (C=O) groups excluding carboxylic acids is 1. The third kappa shape index (κ3) is 4.03. The Hall–Kier alpha value is -3.12. The van der Waals surface area contributed by atoms with E-state index in [0.717, 1.165) is 30.8 Å². The summed E-state index contributed by atoms with van der Waals surface area (Å²) in [6.07, 6.45) is 0.757. The normalized spacial score (nSPS) is 13.8. The predicted octanol–water partition coefficient (Wildman–Crippen LogP) is 4.55. The summed E-state index contributed by atoms with van der Waals surface area (Å²) in [6, 6.07) is 14.6. The van der Waals surface area contributed by atoms with E-state index in [2.05, 4.69) is 22.3 Å². The van der Waals surface area contributed by atoms with Crippen LogP contribution in [-0.4, -0.2) is 24.5 Å². The van der Waals surface area contributed by atoms with Crippen molar-refractivity contribution >= 4 is 11.6 Å². The number of methoxy groups -OCH3 is 1. The number of fused-ring (bicyclic) bond motifs is 1. The molecule has 3 aromatic rings. The molecule has 1 aliphatic heterocycles. The molecule has 0 bridgehead atoms. The number of halogens is 1. The number of rotatable bonds is 5.